The Hall–Kier alpha value is -2.49. The van der Waals surface area contributed by atoms with Gasteiger partial charge in [-0.05, 0) is 80.3 Å². The summed E-state index contributed by atoms with van der Waals surface area (Å²) in [6, 6.07) is 11.0. The zero-order valence-electron chi connectivity index (χ0n) is 17.1. The van der Waals surface area contributed by atoms with E-state index >= 15 is 0 Å². The van der Waals surface area contributed by atoms with E-state index in [1.165, 1.54) is 17.7 Å². The van der Waals surface area contributed by atoms with Gasteiger partial charge in [-0.1, -0.05) is 24.3 Å². The van der Waals surface area contributed by atoms with Crippen LogP contribution in [0.2, 0.25) is 0 Å². The first-order chi connectivity index (χ1) is 14.1. The van der Waals surface area contributed by atoms with Crippen LogP contribution in [0.1, 0.15) is 60.5 Å². The molecule has 4 rings (SSSR count). The normalized spacial score (nSPS) is 19.7. The lowest BCUT2D eigenvalue weighted by Crippen LogP contribution is -2.38. The second-order valence-corrected chi connectivity index (χ2v) is 8.47. The molecule has 2 heterocycles. The summed E-state index contributed by atoms with van der Waals surface area (Å²) in [5.41, 5.74) is 4.47. The van der Waals surface area contributed by atoms with E-state index in [4.69, 9.17) is 4.98 Å². The van der Waals surface area contributed by atoms with Crippen LogP contribution in [0.15, 0.2) is 48.6 Å². The first-order valence-electron chi connectivity index (χ1n) is 10.7. The van der Waals surface area contributed by atoms with Gasteiger partial charge in [0.15, 0.2) is 0 Å². The van der Waals surface area contributed by atoms with Crippen LogP contribution in [0.5, 0.6) is 0 Å². The highest BCUT2D eigenvalue weighted by Crippen LogP contribution is 2.29. The van der Waals surface area contributed by atoms with Gasteiger partial charge in [-0.25, -0.2) is 4.39 Å². The molecule has 4 heteroatoms. The number of carbonyl (C=O) groups is 1. The number of hydrogen-bond donors (Lipinski definition) is 0. The SMILES string of the molecule is Cc1cc(Cc2ccc(F)cc2)cc(C2CCN(C(=O)C[C@@H]3C=CCC3)CC2)n1. The number of carbonyl (C=O) groups excluding carboxylic acids is 1. The maximum atomic E-state index is 13.2. The highest BCUT2D eigenvalue weighted by Gasteiger charge is 2.26. The molecule has 0 spiro atoms. The van der Waals surface area contributed by atoms with Crippen molar-refractivity contribution in [2.75, 3.05) is 13.1 Å². The third kappa shape index (κ3) is 5.11. The molecule has 1 saturated heterocycles. The Bertz CT molecular complexity index is 882. The van der Waals surface area contributed by atoms with Crippen molar-refractivity contribution in [2.24, 2.45) is 5.92 Å². The highest BCUT2D eigenvalue weighted by atomic mass is 19.1. The number of allylic oxidation sites excluding steroid dienone is 2. The second kappa shape index (κ2) is 8.89. The van der Waals surface area contributed by atoms with Crippen LogP contribution in [0, 0.1) is 18.7 Å². The Balaban J connectivity index is 1.37. The Morgan fingerprint density at radius 1 is 1.10 bits per heavy atom. The van der Waals surface area contributed by atoms with Gasteiger partial charge in [-0.3, -0.25) is 9.78 Å². The summed E-state index contributed by atoms with van der Waals surface area (Å²) in [6.45, 7) is 3.68. The zero-order valence-corrected chi connectivity index (χ0v) is 17.1. The van der Waals surface area contributed by atoms with Crippen molar-refractivity contribution in [1.29, 1.82) is 0 Å². The molecule has 0 bridgehead atoms. The smallest absolute Gasteiger partial charge is 0.223 e. The Morgan fingerprint density at radius 2 is 1.86 bits per heavy atom. The summed E-state index contributed by atoms with van der Waals surface area (Å²) < 4.78 is 13.2. The van der Waals surface area contributed by atoms with E-state index in [0.29, 0.717) is 24.2 Å². The number of aryl methyl sites for hydroxylation is 1. The third-order valence-electron chi connectivity index (χ3n) is 6.17. The molecule has 1 aliphatic carbocycles. The number of nitrogens with zero attached hydrogens (tertiary/aromatic N) is 2. The van der Waals surface area contributed by atoms with Gasteiger partial charge in [-0.15, -0.1) is 0 Å². The van der Waals surface area contributed by atoms with Crippen molar-refractivity contribution >= 4 is 5.91 Å². The molecule has 29 heavy (non-hydrogen) atoms. The van der Waals surface area contributed by atoms with Crippen molar-refractivity contribution in [2.45, 2.75) is 51.4 Å². The van der Waals surface area contributed by atoms with E-state index in [-0.39, 0.29) is 5.82 Å². The summed E-state index contributed by atoms with van der Waals surface area (Å²) in [6.07, 6.45) is 10.00. The average Bonchev–Trinajstić information content (AvgIpc) is 3.22. The van der Waals surface area contributed by atoms with Gasteiger partial charge in [-0.2, -0.15) is 0 Å². The largest absolute Gasteiger partial charge is 0.343 e. The molecule has 0 radical (unpaired) electrons. The molecule has 1 aliphatic heterocycles. The van der Waals surface area contributed by atoms with Gasteiger partial charge in [0.2, 0.25) is 5.91 Å². The summed E-state index contributed by atoms with van der Waals surface area (Å²) in [5.74, 6) is 0.935. The quantitative estimate of drug-likeness (QED) is 0.657. The maximum absolute atomic E-state index is 13.2. The van der Waals surface area contributed by atoms with E-state index in [0.717, 1.165) is 62.1 Å². The molecule has 0 saturated carbocycles. The van der Waals surface area contributed by atoms with E-state index in [1.54, 1.807) is 0 Å². The lowest BCUT2D eigenvalue weighted by molar-refractivity contribution is -0.132. The van der Waals surface area contributed by atoms with Crippen molar-refractivity contribution in [1.82, 2.24) is 9.88 Å². The first-order valence-corrected chi connectivity index (χ1v) is 10.7. The van der Waals surface area contributed by atoms with E-state index in [1.807, 2.05) is 24.0 Å². The standard InChI is InChI=1S/C25H29FN2O/c1-18-14-21(15-20-6-8-23(26)9-7-20)16-24(27-18)22-10-12-28(13-11-22)25(29)17-19-4-2-3-5-19/h2,4,6-9,14,16,19,22H,3,5,10-13,15,17H2,1H3/t19-/m1/s1. The number of hydrogen-bond acceptors (Lipinski definition) is 2. The monoisotopic (exact) mass is 392 g/mol. The highest BCUT2D eigenvalue weighted by molar-refractivity contribution is 5.76. The van der Waals surface area contributed by atoms with Crippen LogP contribution in [0.3, 0.4) is 0 Å². The number of benzene rings is 1. The zero-order chi connectivity index (χ0) is 20.2. The molecule has 1 aromatic heterocycles. The van der Waals surface area contributed by atoms with E-state index < -0.39 is 0 Å². The summed E-state index contributed by atoms with van der Waals surface area (Å²) in [5, 5.41) is 0. The van der Waals surface area contributed by atoms with Crippen molar-refractivity contribution in [3.63, 3.8) is 0 Å². The number of likely N-dealkylation sites (tertiary alicyclic amines) is 1. The molecule has 1 atom stereocenters. The molecule has 2 aromatic rings. The van der Waals surface area contributed by atoms with Gasteiger partial charge >= 0.3 is 0 Å². The summed E-state index contributed by atoms with van der Waals surface area (Å²) in [4.78, 5) is 19.4. The van der Waals surface area contributed by atoms with Crippen LogP contribution in [-0.4, -0.2) is 28.9 Å². The number of pyridine rings is 1. The number of rotatable bonds is 5. The van der Waals surface area contributed by atoms with Crippen molar-refractivity contribution in [3.05, 3.63) is 76.9 Å². The minimum Gasteiger partial charge on any atom is -0.343 e. The summed E-state index contributed by atoms with van der Waals surface area (Å²) in [7, 11) is 0. The Labute approximate surface area is 172 Å². The fourth-order valence-electron chi connectivity index (χ4n) is 4.56. The number of aromatic nitrogens is 1. The van der Waals surface area contributed by atoms with Crippen LogP contribution in [-0.2, 0) is 11.2 Å². The van der Waals surface area contributed by atoms with Gasteiger partial charge in [0.05, 0.1) is 0 Å². The molecule has 2 aliphatic rings. The minimum atomic E-state index is -0.203. The molecular formula is C25H29FN2O. The first kappa shape index (κ1) is 19.8. The average molecular weight is 393 g/mol. The molecule has 1 fully saturated rings. The molecular weight excluding hydrogens is 363 g/mol. The predicted molar refractivity (Wildman–Crippen MR) is 113 cm³/mol. The van der Waals surface area contributed by atoms with E-state index in [2.05, 4.69) is 24.3 Å². The predicted octanol–water partition coefficient (Wildman–Crippen LogP) is 5.18. The van der Waals surface area contributed by atoms with Crippen LogP contribution in [0.4, 0.5) is 4.39 Å². The van der Waals surface area contributed by atoms with Crippen LogP contribution >= 0.6 is 0 Å². The minimum absolute atomic E-state index is 0.203. The maximum Gasteiger partial charge on any atom is 0.223 e. The molecule has 1 amide bonds. The Kier molecular flexibility index (Phi) is 6.08. The van der Waals surface area contributed by atoms with Gasteiger partial charge in [0, 0.05) is 36.8 Å². The third-order valence-corrected chi connectivity index (χ3v) is 6.17. The molecule has 3 nitrogen and oxygen atoms in total. The molecule has 1 aromatic carbocycles. The fourth-order valence-corrected chi connectivity index (χ4v) is 4.56. The van der Waals surface area contributed by atoms with Gasteiger partial charge in [0.1, 0.15) is 5.82 Å². The van der Waals surface area contributed by atoms with E-state index in [9.17, 15) is 9.18 Å². The number of amides is 1. The number of halogens is 1. The molecule has 0 N–H and O–H groups in total. The summed E-state index contributed by atoms with van der Waals surface area (Å²) >= 11 is 0. The molecule has 0 unspecified atom stereocenters. The topological polar surface area (TPSA) is 33.2 Å². The van der Waals surface area contributed by atoms with Crippen LogP contribution in [0.25, 0.3) is 0 Å². The van der Waals surface area contributed by atoms with Crippen molar-refractivity contribution < 1.29 is 9.18 Å². The van der Waals surface area contributed by atoms with Gasteiger partial charge < -0.3 is 4.90 Å². The number of piperidine rings is 1. The molecule has 152 valence electrons. The van der Waals surface area contributed by atoms with Gasteiger partial charge in [0.25, 0.3) is 0 Å². The Morgan fingerprint density at radius 3 is 2.55 bits per heavy atom. The second-order valence-electron chi connectivity index (χ2n) is 8.47. The van der Waals surface area contributed by atoms with Crippen LogP contribution < -0.4 is 0 Å². The fraction of sp³-hybridized carbons (Fsp3) is 0.440. The lowest BCUT2D eigenvalue weighted by atomic mass is 9.90. The van der Waals surface area contributed by atoms with Crippen molar-refractivity contribution in [3.8, 4) is 0 Å². The lowest BCUT2D eigenvalue weighted by Gasteiger charge is -2.32.